The number of nitrogens with zero attached hydrogens (tertiary/aromatic N) is 2. The fourth-order valence-electron chi connectivity index (χ4n) is 3.65. The van der Waals surface area contributed by atoms with Crippen LogP contribution in [0.15, 0.2) is 70.0 Å². The number of sulfonamides is 1. The standard InChI is InChI=1S/C22H23N3O3S/c26-22(25-15-13-18(14-16-25)17-7-2-1-3-8-17)12-6-11-21-23-19-9-4-5-10-20(19)29(27,28)24-21/h1-5,7-10,13H,6,11-12,14-16H2,(H,23,24). The molecule has 0 unspecified atom stereocenters. The van der Waals surface area contributed by atoms with E-state index in [1.165, 1.54) is 17.2 Å². The molecular formula is C22H23N3O3S. The van der Waals surface area contributed by atoms with E-state index in [0.717, 1.165) is 6.42 Å². The highest BCUT2D eigenvalue weighted by molar-refractivity contribution is 7.90. The molecule has 7 heteroatoms. The van der Waals surface area contributed by atoms with Gasteiger partial charge in [0.15, 0.2) is 0 Å². The van der Waals surface area contributed by atoms with Gasteiger partial charge in [-0.3, -0.25) is 4.79 Å². The molecule has 0 fully saturated rings. The van der Waals surface area contributed by atoms with Crippen LogP contribution >= 0.6 is 0 Å². The summed E-state index contributed by atoms with van der Waals surface area (Å²) >= 11 is 0. The van der Waals surface area contributed by atoms with E-state index in [1.807, 2.05) is 23.1 Å². The van der Waals surface area contributed by atoms with Crippen molar-refractivity contribution < 1.29 is 13.2 Å². The minimum Gasteiger partial charge on any atom is -0.342 e. The van der Waals surface area contributed by atoms with Crippen LogP contribution in [0.2, 0.25) is 0 Å². The highest BCUT2D eigenvalue weighted by atomic mass is 32.2. The number of hydrogen-bond acceptors (Lipinski definition) is 4. The Morgan fingerprint density at radius 3 is 2.59 bits per heavy atom. The van der Waals surface area contributed by atoms with Gasteiger partial charge in [0, 0.05) is 25.9 Å². The van der Waals surface area contributed by atoms with Crippen molar-refractivity contribution >= 4 is 33.0 Å². The summed E-state index contributed by atoms with van der Waals surface area (Å²) in [6.45, 7) is 1.32. The van der Waals surface area contributed by atoms with Gasteiger partial charge in [0.2, 0.25) is 5.91 Å². The number of amidine groups is 1. The fourth-order valence-corrected chi connectivity index (χ4v) is 4.82. The number of para-hydroxylation sites is 1. The highest BCUT2D eigenvalue weighted by Crippen LogP contribution is 2.27. The molecule has 0 spiro atoms. The van der Waals surface area contributed by atoms with Crippen LogP contribution in [0.5, 0.6) is 0 Å². The Hall–Kier alpha value is -2.93. The lowest BCUT2D eigenvalue weighted by atomic mass is 9.99. The first-order valence-electron chi connectivity index (χ1n) is 9.75. The van der Waals surface area contributed by atoms with Gasteiger partial charge < -0.3 is 10.2 Å². The molecule has 0 saturated heterocycles. The lowest BCUT2D eigenvalue weighted by molar-refractivity contribution is -0.130. The summed E-state index contributed by atoms with van der Waals surface area (Å²) in [7, 11) is -3.67. The second kappa shape index (κ2) is 8.21. The molecule has 2 aromatic rings. The Bertz CT molecular complexity index is 1080. The van der Waals surface area contributed by atoms with Gasteiger partial charge in [-0.15, -0.1) is 4.40 Å². The molecule has 2 aliphatic rings. The molecule has 2 aliphatic heterocycles. The maximum absolute atomic E-state index is 12.5. The van der Waals surface area contributed by atoms with Crippen molar-refractivity contribution in [3.8, 4) is 0 Å². The van der Waals surface area contributed by atoms with Gasteiger partial charge in [-0.05, 0) is 36.1 Å². The fraction of sp³-hybridized carbons (Fsp3) is 0.273. The highest BCUT2D eigenvalue weighted by Gasteiger charge is 2.24. The third-order valence-electron chi connectivity index (χ3n) is 5.18. The number of hydrogen-bond donors (Lipinski definition) is 1. The summed E-state index contributed by atoms with van der Waals surface area (Å²) in [6, 6.07) is 16.9. The third kappa shape index (κ3) is 4.40. The van der Waals surface area contributed by atoms with Crippen molar-refractivity contribution in [1.82, 2.24) is 4.90 Å². The molecule has 1 N–H and O–H groups in total. The number of benzene rings is 2. The van der Waals surface area contributed by atoms with Crippen molar-refractivity contribution in [2.24, 2.45) is 4.40 Å². The molecule has 0 saturated carbocycles. The molecule has 2 heterocycles. The van der Waals surface area contributed by atoms with E-state index in [2.05, 4.69) is 27.9 Å². The predicted molar refractivity (Wildman–Crippen MR) is 114 cm³/mol. The zero-order valence-electron chi connectivity index (χ0n) is 16.0. The number of carbonyl (C=O) groups is 1. The summed E-state index contributed by atoms with van der Waals surface area (Å²) in [4.78, 5) is 14.6. The van der Waals surface area contributed by atoms with Gasteiger partial charge in [-0.2, -0.15) is 8.42 Å². The van der Waals surface area contributed by atoms with Crippen LogP contribution in [-0.4, -0.2) is 38.2 Å². The number of anilines is 1. The van der Waals surface area contributed by atoms with Gasteiger partial charge in [0.1, 0.15) is 10.7 Å². The number of amides is 1. The molecule has 0 aromatic heterocycles. The number of fused-ring (bicyclic) bond motifs is 1. The predicted octanol–water partition coefficient (Wildman–Crippen LogP) is 3.69. The van der Waals surface area contributed by atoms with Crippen LogP contribution in [-0.2, 0) is 14.8 Å². The minimum atomic E-state index is -3.67. The molecule has 2 aromatic carbocycles. The molecule has 0 bridgehead atoms. The first-order valence-corrected chi connectivity index (χ1v) is 11.2. The van der Waals surface area contributed by atoms with E-state index < -0.39 is 10.0 Å². The van der Waals surface area contributed by atoms with Gasteiger partial charge in [0.05, 0.1) is 5.69 Å². The van der Waals surface area contributed by atoms with Gasteiger partial charge >= 0.3 is 0 Å². The summed E-state index contributed by atoms with van der Waals surface area (Å²) in [5, 5.41) is 3.07. The summed E-state index contributed by atoms with van der Waals surface area (Å²) < 4.78 is 28.4. The molecule has 0 radical (unpaired) electrons. The van der Waals surface area contributed by atoms with Crippen LogP contribution in [0, 0.1) is 0 Å². The molecule has 0 atom stereocenters. The van der Waals surface area contributed by atoms with E-state index in [4.69, 9.17) is 0 Å². The Kier molecular flexibility index (Phi) is 5.49. The van der Waals surface area contributed by atoms with E-state index in [-0.39, 0.29) is 10.8 Å². The zero-order chi connectivity index (χ0) is 20.3. The monoisotopic (exact) mass is 409 g/mol. The normalized spacial score (nSPS) is 17.6. The average Bonchev–Trinajstić information content (AvgIpc) is 2.74. The van der Waals surface area contributed by atoms with E-state index >= 15 is 0 Å². The molecule has 29 heavy (non-hydrogen) atoms. The van der Waals surface area contributed by atoms with Crippen molar-refractivity contribution in [3.05, 3.63) is 66.2 Å². The second-order valence-electron chi connectivity index (χ2n) is 7.17. The van der Waals surface area contributed by atoms with Gasteiger partial charge in [-0.1, -0.05) is 48.5 Å². The molecule has 150 valence electrons. The summed E-state index contributed by atoms with van der Waals surface area (Å²) in [5.74, 6) is 0.481. The van der Waals surface area contributed by atoms with E-state index in [0.29, 0.717) is 43.9 Å². The maximum Gasteiger partial charge on any atom is 0.286 e. The average molecular weight is 410 g/mol. The maximum atomic E-state index is 12.5. The summed E-state index contributed by atoms with van der Waals surface area (Å²) in [6.07, 6.45) is 4.30. The van der Waals surface area contributed by atoms with Crippen LogP contribution in [0.4, 0.5) is 5.69 Å². The Morgan fingerprint density at radius 1 is 1.07 bits per heavy atom. The molecule has 0 aliphatic carbocycles. The summed E-state index contributed by atoms with van der Waals surface area (Å²) in [5.41, 5.74) is 3.03. The van der Waals surface area contributed by atoms with Crippen LogP contribution < -0.4 is 5.32 Å². The molecule has 6 nitrogen and oxygen atoms in total. The molecule has 1 amide bonds. The Labute approximate surface area is 171 Å². The van der Waals surface area contributed by atoms with Crippen molar-refractivity contribution in [2.75, 3.05) is 18.4 Å². The van der Waals surface area contributed by atoms with E-state index in [9.17, 15) is 13.2 Å². The number of nitrogens with one attached hydrogen (secondary N) is 1. The Morgan fingerprint density at radius 2 is 1.83 bits per heavy atom. The van der Waals surface area contributed by atoms with Gasteiger partial charge in [-0.25, -0.2) is 0 Å². The first kappa shape index (κ1) is 19.4. The largest absolute Gasteiger partial charge is 0.342 e. The smallest absolute Gasteiger partial charge is 0.286 e. The zero-order valence-corrected chi connectivity index (χ0v) is 16.9. The van der Waals surface area contributed by atoms with E-state index in [1.54, 1.807) is 18.2 Å². The SMILES string of the molecule is O=C(CCCC1=NS(=O)(=O)c2ccccc2N1)N1CC=C(c2ccccc2)CC1. The quantitative estimate of drug-likeness (QED) is 0.817. The molecular weight excluding hydrogens is 386 g/mol. The van der Waals surface area contributed by atoms with Crippen LogP contribution in [0.1, 0.15) is 31.2 Å². The number of carbonyl (C=O) groups excluding carboxylic acids is 1. The topological polar surface area (TPSA) is 78.8 Å². The minimum absolute atomic E-state index is 0.0908. The number of rotatable bonds is 5. The lowest BCUT2D eigenvalue weighted by Gasteiger charge is -2.27. The van der Waals surface area contributed by atoms with Crippen molar-refractivity contribution in [3.63, 3.8) is 0 Å². The van der Waals surface area contributed by atoms with Gasteiger partial charge in [0.25, 0.3) is 10.0 Å². The second-order valence-corrected chi connectivity index (χ2v) is 8.75. The van der Waals surface area contributed by atoms with Crippen LogP contribution in [0.3, 0.4) is 0 Å². The Balaban J connectivity index is 1.30. The molecule has 4 rings (SSSR count). The first-order chi connectivity index (χ1) is 14.0. The lowest BCUT2D eigenvalue weighted by Crippen LogP contribution is -2.34. The van der Waals surface area contributed by atoms with Crippen molar-refractivity contribution in [2.45, 2.75) is 30.6 Å². The third-order valence-corrected chi connectivity index (χ3v) is 6.56. The van der Waals surface area contributed by atoms with Crippen LogP contribution in [0.25, 0.3) is 5.57 Å². The van der Waals surface area contributed by atoms with Crippen molar-refractivity contribution in [1.29, 1.82) is 0 Å².